The number of rotatable bonds is 7. The first kappa shape index (κ1) is 36.9. The van der Waals surface area contributed by atoms with Crippen molar-refractivity contribution in [1.82, 2.24) is 9.13 Å². The van der Waals surface area contributed by atoms with Crippen molar-refractivity contribution >= 4 is 82.6 Å². The highest BCUT2D eigenvalue weighted by molar-refractivity contribution is 6.12. The minimum Gasteiger partial charge on any atom is -0.455 e. The summed E-state index contributed by atoms with van der Waals surface area (Å²) < 4.78 is 25.7. The number of halogens is 1. The standard InChI is InChI=1S/C60H38FN3O/c61-42-28-34-51-49-16-5-8-22-56(49)64(57(51)37-42)46-15-10-12-41(36-46)39-24-29-44(30-25-39)62(45-31-26-40(27-32-45)48-19-11-20-54-53-18-6-9-23-59(53)65-60(48)54)47-33-35-52-50-17-4-7-21-55(50)63(58(52)38-47)43-13-2-1-3-14-43/h1-38H. The van der Waals surface area contributed by atoms with Crippen molar-refractivity contribution in [1.29, 1.82) is 0 Å². The lowest BCUT2D eigenvalue weighted by atomic mass is 10.0. The van der Waals surface area contributed by atoms with Gasteiger partial charge in [0.15, 0.2) is 0 Å². The highest BCUT2D eigenvalue weighted by atomic mass is 19.1. The van der Waals surface area contributed by atoms with Crippen LogP contribution >= 0.6 is 0 Å². The number of fused-ring (bicyclic) bond motifs is 9. The summed E-state index contributed by atoms with van der Waals surface area (Å²) in [5.41, 5.74) is 15.4. The zero-order valence-corrected chi connectivity index (χ0v) is 35.1. The van der Waals surface area contributed by atoms with E-state index in [4.69, 9.17) is 4.42 Å². The van der Waals surface area contributed by atoms with Crippen LogP contribution in [0.4, 0.5) is 21.5 Å². The summed E-state index contributed by atoms with van der Waals surface area (Å²) in [6.07, 6.45) is 0. The largest absolute Gasteiger partial charge is 0.455 e. The predicted octanol–water partition coefficient (Wildman–Crippen LogP) is 16.7. The molecule has 0 saturated heterocycles. The Labute approximate surface area is 373 Å². The Bertz CT molecular complexity index is 3950. The van der Waals surface area contributed by atoms with E-state index in [9.17, 15) is 4.39 Å². The quantitative estimate of drug-likeness (QED) is 0.160. The van der Waals surface area contributed by atoms with E-state index in [0.29, 0.717) is 0 Å². The maximum Gasteiger partial charge on any atom is 0.143 e. The van der Waals surface area contributed by atoms with Crippen LogP contribution in [0.1, 0.15) is 0 Å². The maximum atomic E-state index is 14.7. The maximum absolute atomic E-state index is 14.7. The first-order valence-corrected chi connectivity index (χ1v) is 21.9. The van der Waals surface area contributed by atoms with Crippen LogP contribution in [0.3, 0.4) is 0 Å². The van der Waals surface area contributed by atoms with Crippen molar-refractivity contribution in [2.24, 2.45) is 0 Å². The topological polar surface area (TPSA) is 26.2 Å². The molecule has 0 amide bonds. The number of hydrogen-bond donors (Lipinski definition) is 0. The van der Waals surface area contributed by atoms with Crippen LogP contribution in [0.5, 0.6) is 0 Å². The smallest absolute Gasteiger partial charge is 0.143 e. The molecule has 0 bridgehead atoms. The number of benzene rings is 10. The van der Waals surface area contributed by atoms with Gasteiger partial charge in [-0.1, -0.05) is 133 Å². The van der Waals surface area contributed by atoms with Crippen LogP contribution in [-0.4, -0.2) is 9.13 Å². The molecule has 0 fully saturated rings. The molecule has 4 nitrogen and oxygen atoms in total. The lowest BCUT2D eigenvalue weighted by molar-refractivity contribution is 0.629. The molecule has 13 aromatic rings. The molecular formula is C60H38FN3O. The van der Waals surface area contributed by atoms with Gasteiger partial charge in [0.1, 0.15) is 17.0 Å². The molecule has 0 atom stereocenters. The van der Waals surface area contributed by atoms with Gasteiger partial charge >= 0.3 is 0 Å². The van der Waals surface area contributed by atoms with Crippen LogP contribution in [0.15, 0.2) is 235 Å². The van der Waals surface area contributed by atoms with E-state index in [1.165, 1.54) is 16.3 Å². The Hall–Kier alpha value is -8.67. The van der Waals surface area contributed by atoms with E-state index in [1.54, 1.807) is 12.1 Å². The van der Waals surface area contributed by atoms with Gasteiger partial charge < -0.3 is 18.5 Å². The number of aromatic nitrogens is 2. The van der Waals surface area contributed by atoms with Gasteiger partial charge in [0.25, 0.3) is 0 Å². The third kappa shape index (κ3) is 5.97. The Morgan fingerprint density at radius 2 is 0.877 bits per heavy atom. The molecule has 0 aliphatic carbocycles. The van der Waals surface area contributed by atoms with Gasteiger partial charge in [-0.05, 0) is 114 Å². The van der Waals surface area contributed by atoms with Crippen molar-refractivity contribution in [3.05, 3.63) is 236 Å². The summed E-state index contributed by atoms with van der Waals surface area (Å²) in [7, 11) is 0. The van der Waals surface area contributed by atoms with Crippen molar-refractivity contribution in [2.45, 2.75) is 0 Å². The van der Waals surface area contributed by atoms with Crippen molar-refractivity contribution < 1.29 is 8.81 Å². The summed E-state index contributed by atoms with van der Waals surface area (Å²) in [6, 6.07) is 80.1. The molecule has 0 aliphatic rings. The molecule has 306 valence electrons. The summed E-state index contributed by atoms with van der Waals surface area (Å²) >= 11 is 0. The number of nitrogens with zero attached hydrogens (tertiary/aromatic N) is 3. The molecule has 0 radical (unpaired) electrons. The Morgan fingerprint density at radius 1 is 0.338 bits per heavy atom. The Morgan fingerprint density at radius 3 is 1.62 bits per heavy atom. The molecule has 0 unspecified atom stereocenters. The summed E-state index contributed by atoms with van der Waals surface area (Å²) in [5.74, 6) is -0.253. The first-order valence-electron chi connectivity index (χ1n) is 21.9. The molecule has 5 heteroatoms. The fraction of sp³-hybridized carbons (Fsp3) is 0. The minimum atomic E-state index is -0.253. The molecule has 3 heterocycles. The second-order valence-corrected chi connectivity index (χ2v) is 16.7. The SMILES string of the molecule is Fc1ccc2c3ccccc3n(-c3cccc(-c4ccc(N(c5ccc(-c6cccc7c6oc6ccccc67)cc5)c5ccc6c7ccccc7n(-c7ccccc7)c6c5)cc4)c3)c2c1. The van der Waals surface area contributed by atoms with E-state index in [-0.39, 0.29) is 5.82 Å². The van der Waals surface area contributed by atoms with Gasteiger partial charge in [-0.15, -0.1) is 0 Å². The number of anilines is 3. The molecule has 0 aliphatic heterocycles. The number of hydrogen-bond acceptors (Lipinski definition) is 2. The van der Waals surface area contributed by atoms with E-state index < -0.39 is 0 Å². The summed E-state index contributed by atoms with van der Waals surface area (Å²) in [5, 5.41) is 6.76. The molecule has 0 spiro atoms. The summed E-state index contributed by atoms with van der Waals surface area (Å²) in [4.78, 5) is 2.34. The van der Waals surface area contributed by atoms with E-state index in [0.717, 1.165) is 100.0 Å². The molecule has 10 aromatic carbocycles. The highest BCUT2D eigenvalue weighted by Crippen LogP contribution is 2.42. The van der Waals surface area contributed by atoms with Crippen molar-refractivity contribution in [2.75, 3.05) is 4.90 Å². The van der Waals surface area contributed by atoms with Gasteiger partial charge in [-0.3, -0.25) is 0 Å². The zero-order valence-electron chi connectivity index (χ0n) is 35.1. The lowest BCUT2D eigenvalue weighted by Gasteiger charge is -2.26. The lowest BCUT2D eigenvalue weighted by Crippen LogP contribution is -2.10. The molecule has 0 N–H and O–H groups in total. The average molecular weight is 836 g/mol. The normalized spacial score (nSPS) is 11.8. The second-order valence-electron chi connectivity index (χ2n) is 16.7. The van der Waals surface area contributed by atoms with Crippen molar-refractivity contribution in [3.63, 3.8) is 0 Å². The number of para-hydroxylation sites is 5. The highest BCUT2D eigenvalue weighted by Gasteiger charge is 2.20. The Balaban J connectivity index is 0.942. The van der Waals surface area contributed by atoms with Crippen LogP contribution in [0.2, 0.25) is 0 Å². The monoisotopic (exact) mass is 835 g/mol. The minimum absolute atomic E-state index is 0.253. The average Bonchev–Trinajstić information content (AvgIpc) is 4.02. The molecule has 3 aromatic heterocycles. The van der Waals surface area contributed by atoms with Crippen LogP contribution in [-0.2, 0) is 0 Å². The van der Waals surface area contributed by atoms with Gasteiger partial charge in [-0.25, -0.2) is 4.39 Å². The van der Waals surface area contributed by atoms with Gasteiger partial charge in [-0.2, -0.15) is 0 Å². The fourth-order valence-electron chi connectivity index (χ4n) is 10.0. The van der Waals surface area contributed by atoms with Gasteiger partial charge in [0.2, 0.25) is 0 Å². The van der Waals surface area contributed by atoms with Crippen LogP contribution in [0.25, 0.3) is 99.2 Å². The first-order chi connectivity index (χ1) is 32.1. The van der Waals surface area contributed by atoms with E-state index in [1.807, 2.05) is 30.3 Å². The summed E-state index contributed by atoms with van der Waals surface area (Å²) in [6.45, 7) is 0. The van der Waals surface area contributed by atoms with E-state index in [2.05, 4.69) is 202 Å². The van der Waals surface area contributed by atoms with Crippen LogP contribution in [0, 0.1) is 5.82 Å². The van der Waals surface area contributed by atoms with Crippen molar-refractivity contribution in [3.8, 4) is 33.6 Å². The molecule has 13 rings (SSSR count). The predicted molar refractivity (Wildman–Crippen MR) is 268 cm³/mol. The third-order valence-electron chi connectivity index (χ3n) is 13.0. The van der Waals surface area contributed by atoms with Gasteiger partial charge in [0, 0.05) is 66.3 Å². The molecule has 0 saturated carbocycles. The third-order valence-corrected chi connectivity index (χ3v) is 13.0. The van der Waals surface area contributed by atoms with Gasteiger partial charge in [0.05, 0.1) is 22.1 Å². The zero-order chi connectivity index (χ0) is 43.0. The molecular weight excluding hydrogens is 798 g/mol. The Kier molecular flexibility index (Phi) is 8.36. The molecule has 65 heavy (non-hydrogen) atoms. The van der Waals surface area contributed by atoms with Crippen LogP contribution < -0.4 is 4.90 Å². The second kappa shape index (κ2) is 14.7. The number of furan rings is 1. The van der Waals surface area contributed by atoms with E-state index >= 15 is 0 Å². The fourth-order valence-corrected chi connectivity index (χ4v) is 10.0.